The maximum atomic E-state index is 12.8. The minimum atomic E-state index is -0.187. The van der Waals surface area contributed by atoms with Crippen LogP contribution in [0, 0.1) is 13.8 Å². The molecule has 116 valence electrons. The summed E-state index contributed by atoms with van der Waals surface area (Å²) in [6.07, 6.45) is 1.86. The van der Waals surface area contributed by atoms with Crippen molar-refractivity contribution in [1.82, 2.24) is 20.1 Å². The number of ether oxygens (including phenoxy) is 1. The van der Waals surface area contributed by atoms with Crippen LogP contribution in [-0.4, -0.2) is 45.7 Å². The molecule has 0 spiro atoms. The normalized spacial score (nSPS) is 18.5. The van der Waals surface area contributed by atoms with Gasteiger partial charge in [0.15, 0.2) is 0 Å². The molecular formula is C16H20N4O2. The summed E-state index contributed by atoms with van der Waals surface area (Å²) in [6, 6.07) is 5.92. The first-order chi connectivity index (χ1) is 10.7. The number of aryl methyl sites for hydroxylation is 2. The molecule has 1 unspecified atom stereocenters. The van der Waals surface area contributed by atoms with Gasteiger partial charge in [0.2, 0.25) is 5.91 Å². The van der Waals surface area contributed by atoms with E-state index in [-0.39, 0.29) is 11.9 Å². The molecule has 2 heterocycles. The molecule has 0 saturated carbocycles. The Hall–Kier alpha value is -2.21. The largest absolute Gasteiger partial charge is 0.377 e. The van der Waals surface area contributed by atoms with Crippen LogP contribution in [0.15, 0.2) is 24.5 Å². The van der Waals surface area contributed by atoms with Crippen LogP contribution in [0.1, 0.15) is 28.6 Å². The highest BCUT2D eigenvalue weighted by Gasteiger charge is 2.30. The summed E-state index contributed by atoms with van der Waals surface area (Å²) in [5, 5.41) is 6.72. The predicted octanol–water partition coefficient (Wildman–Crippen LogP) is 1.56. The number of morpholine rings is 1. The highest BCUT2D eigenvalue weighted by atomic mass is 16.5. The molecule has 1 aromatic heterocycles. The summed E-state index contributed by atoms with van der Waals surface area (Å²) in [7, 11) is 0. The molecule has 1 aliphatic heterocycles. The maximum Gasteiger partial charge on any atom is 0.227 e. The highest BCUT2D eigenvalue weighted by molar-refractivity contribution is 5.80. The number of aromatic amines is 1. The molecule has 1 saturated heterocycles. The first kappa shape index (κ1) is 14.7. The van der Waals surface area contributed by atoms with Gasteiger partial charge in [-0.2, -0.15) is 5.10 Å². The van der Waals surface area contributed by atoms with Crippen molar-refractivity contribution in [2.75, 3.05) is 19.8 Å². The van der Waals surface area contributed by atoms with E-state index in [0.29, 0.717) is 32.0 Å². The van der Waals surface area contributed by atoms with Crippen LogP contribution in [0.5, 0.6) is 0 Å². The van der Waals surface area contributed by atoms with Gasteiger partial charge in [-0.05, 0) is 30.5 Å². The molecule has 6 nitrogen and oxygen atoms in total. The number of nitrogens with zero attached hydrogens (tertiary/aromatic N) is 3. The Balaban J connectivity index is 1.81. The van der Waals surface area contributed by atoms with Gasteiger partial charge in [-0.25, -0.2) is 4.98 Å². The van der Waals surface area contributed by atoms with Crippen LogP contribution >= 0.6 is 0 Å². The lowest BCUT2D eigenvalue weighted by Crippen LogP contribution is -2.44. The van der Waals surface area contributed by atoms with E-state index in [1.807, 2.05) is 36.9 Å². The van der Waals surface area contributed by atoms with Gasteiger partial charge in [0, 0.05) is 6.54 Å². The monoisotopic (exact) mass is 300 g/mol. The number of hydrogen-bond donors (Lipinski definition) is 1. The molecule has 3 rings (SSSR count). The van der Waals surface area contributed by atoms with E-state index >= 15 is 0 Å². The van der Waals surface area contributed by atoms with Crippen LogP contribution < -0.4 is 0 Å². The van der Waals surface area contributed by atoms with Gasteiger partial charge >= 0.3 is 0 Å². The Morgan fingerprint density at radius 3 is 2.86 bits per heavy atom. The van der Waals surface area contributed by atoms with Crippen molar-refractivity contribution < 1.29 is 9.53 Å². The van der Waals surface area contributed by atoms with Gasteiger partial charge in [-0.3, -0.25) is 9.89 Å². The van der Waals surface area contributed by atoms with E-state index in [0.717, 1.165) is 16.7 Å². The van der Waals surface area contributed by atoms with Gasteiger partial charge in [0.1, 0.15) is 18.2 Å². The third-order valence-electron chi connectivity index (χ3n) is 4.17. The van der Waals surface area contributed by atoms with Crippen LogP contribution in [-0.2, 0) is 16.0 Å². The average Bonchev–Trinajstić information content (AvgIpc) is 3.05. The van der Waals surface area contributed by atoms with Gasteiger partial charge in [-0.15, -0.1) is 0 Å². The second kappa shape index (κ2) is 6.27. The first-order valence-corrected chi connectivity index (χ1v) is 7.44. The number of carbonyl (C=O) groups excluding carboxylic acids is 1. The topological polar surface area (TPSA) is 71.1 Å². The number of hydrogen-bond acceptors (Lipinski definition) is 4. The van der Waals surface area contributed by atoms with E-state index in [1.54, 1.807) is 0 Å². The number of nitrogens with one attached hydrogen (secondary N) is 1. The van der Waals surface area contributed by atoms with Gasteiger partial charge in [-0.1, -0.05) is 18.2 Å². The molecule has 1 N–H and O–H groups in total. The number of carbonyl (C=O) groups is 1. The van der Waals surface area contributed by atoms with Crippen molar-refractivity contribution in [3.05, 3.63) is 47.0 Å². The summed E-state index contributed by atoms with van der Waals surface area (Å²) < 4.78 is 5.50. The number of aromatic nitrogens is 3. The van der Waals surface area contributed by atoms with Crippen molar-refractivity contribution in [3.63, 3.8) is 0 Å². The SMILES string of the molecule is Cc1cccc(C)c1CC(=O)N1CCOCC1c1ncn[nH]1. The predicted molar refractivity (Wildman–Crippen MR) is 81.3 cm³/mol. The van der Waals surface area contributed by atoms with Crippen molar-refractivity contribution >= 4 is 5.91 Å². The zero-order chi connectivity index (χ0) is 15.5. The maximum absolute atomic E-state index is 12.8. The Bertz CT molecular complexity index is 634. The Kier molecular flexibility index (Phi) is 4.20. The third kappa shape index (κ3) is 2.87. The second-order valence-corrected chi connectivity index (χ2v) is 5.60. The van der Waals surface area contributed by atoms with E-state index in [9.17, 15) is 4.79 Å². The molecule has 1 fully saturated rings. The summed E-state index contributed by atoms with van der Waals surface area (Å²) in [4.78, 5) is 18.8. The lowest BCUT2D eigenvalue weighted by Gasteiger charge is -2.34. The van der Waals surface area contributed by atoms with Crippen molar-refractivity contribution in [2.24, 2.45) is 0 Å². The van der Waals surface area contributed by atoms with Crippen LogP contribution in [0.2, 0.25) is 0 Å². The molecule has 6 heteroatoms. The standard InChI is InChI=1S/C16H20N4O2/c1-11-4-3-5-12(2)13(11)8-15(21)20-6-7-22-9-14(20)16-17-10-18-19-16/h3-5,10,14H,6-9H2,1-2H3,(H,17,18,19). The minimum Gasteiger partial charge on any atom is -0.377 e. The Labute approximate surface area is 129 Å². The lowest BCUT2D eigenvalue weighted by atomic mass is 9.99. The summed E-state index contributed by atoms with van der Waals surface area (Å²) in [5.41, 5.74) is 3.41. The fourth-order valence-corrected chi connectivity index (χ4v) is 2.88. The van der Waals surface area contributed by atoms with Crippen molar-refractivity contribution in [1.29, 1.82) is 0 Å². The van der Waals surface area contributed by atoms with Gasteiger partial charge < -0.3 is 9.64 Å². The fraction of sp³-hybridized carbons (Fsp3) is 0.438. The van der Waals surface area contributed by atoms with E-state index in [2.05, 4.69) is 15.2 Å². The first-order valence-electron chi connectivity index (χ1n) is 7.44. The molecular weight excluding hydrogens is 280 g/mol. The smallest absolute Gasteiger partial charge is 0.227 e. The number of benzene rings is 1. The van der Waals surface area contributed by atoms with Crippen LogP contribution in [0.25, 0.3) is 0 Å². The Morgan fingerprint density at radius 1 is 1.41 bits per heavy atom. The van der Waals surface area contributed by atoms with Crippen LogP contribution in [0.3, 0.4) is 0 Å². The summed E-state index contributed by atoms with van der Waals surface area (Å²) >= 11 is 0. The number of amides is 1. The van der Waals surface area contributed by atoms with E-state index in [1.165, 1.54) is 6.33 Å². The summed E-state index contributed by atoms with van der Waals surface area (Å²) in [6.45, 7) is 5.68. The average molecular weight is 300 g/mol. The van der Waals surface area contributed by atoms with Crippen LogP contribution in [0.4, 0.5) is 0 Å². The number of rotatable bonds is 3. The zero-order valence-corrected chi connectivity index (χ0v) is 12.9. The second-order valence-electron chi connectivity index (χ2n) is 5.60. The van der Waals surface area contributed by atoms with E-state index in [4.69, 9.17) is 4.74 Å². The highest BCUT2D eigenvalue weighted by Crippen LogP contribution is 2.23. The Morgan fingerprint density at radius 2 is 2.18 bits per heavy atom. The molecule has 1 atom stereocenters. The van der Waals surface area contributed by atoms with Gasteiger partial charge in [0.25, 0.3) is 0 Å². The quantitative estimate of drug-likeness (QED) is 0.934. The molecule has 1 aliphatic rings. The fourth-order valence-electron chi connectivity index (χ4n) is 2.88. The summed E-state index contributed by atoms with van der Waals surface area (Å²) in [5.74, 6) is 0.775. The third-order valence-corrected chi connectivity index (χ3v) is 4.17. The molecule has 1 amide bonds. The molecule has 22 heavy (non-hydrogen) atoms. The molecule has 0 aliphatic carbocycles. The van der Waals surface area contributed by atoms with Crippen molar-refractivity contribution in [2.45, 2.75) is 26.3 Å². The minimum absolute atomic E-state index is 0.0992. The molecule has 1 aromatic carbocycles. The molecule has 0 radical (unpaired) electrons. The van der Waals surface area contributed by atoms with E-state index < -0.39 is 0 Å². The lowest BCUT2D eigenvalue weighted by molar-refractivity contribution is -0.139. The molecule has 2 aromatic rings. The zero-order valence-electron chi connectivity index (χ0n) is 12.9. The van der Waals surface area contributed by atoms with Crippen molar-refractivity contribution in [3.8, 4) is 0 Å². The number of H-pyrrole nitrogens is 1. The van der Waals surface area contributed by atoms with Gasteiger partial charge in [0.05, 0.1) is 19.6 Å². The molecule has 0 bridgehead atoms.